The van der Waals surface area contributed by atoms with Crippen LogP contribution in [0.1, 0.15) is 11.1 Å². The number of thiophene rings is 1. The fraction of sp³-hybridized carbons (Fsp3) is 0.391. The van der Waals surface area contributed by atoms with Crippen LogP contribution in [0.15, 0.2) is 35.4 Å². The van der Waals surface area contributed by atoms with Gasteiger partial charge in [0.2, 0.25) is 16.0 Å². The van der Waals surface area contributed by atoms with Gasteiger partial charge >= 0.3 is 0 Å². The first kappa shape index (κ1) is 24.4. The Morgan fingerprint density at radius 2 is 1.81 bits per heavy atom. The van der Waals surface area contributed by atoms with Gasteiger partial charge < -0.3 is 14.5 Å². The van der Waals surface area contributed by atoms with E-state index < -0.39 is 10.0 Å². The van der Waals surface area contributed by atoms with Crippen molar-refractivity contribution in [3.05, 3.63) is 41.5 Å². The van der Waals surface area contributed by atoms with Crippen molar-refractivity contribution in [3.8, 4) is 6.07 Å². The molecule has 2 saturated heterocycles. The molecule has 1 aromatic carbocycles. The van der Waals surface area contributed by atoms with Crippen molar-refractivity contribution in [2.24, 2.45) is 5.10 Å². The quantitative estimate of drug-likeness (QED) is 0.379. The van der Waals surface area contributed by atoms with E-state index in [-0.39, 0.29) is 0 Å². The molecule has 188 valence electrons. The van der Waals surface area contributed by atoms with E-state index in [1.54, 1.807) is 29.7 Å². The Kier molecular flexibility index (Phi) is 7.01. The summed E-state index contributed by atoms with van der Waals surface area (Å²) in [5, 5.41) is 14.3. The first-order valence-corrected chi connectivity index (χ1v) is 14.2. The molecule has 0 spiro atoms. The first-order chi connectivity index (χ1) is 17.4. The zero-order chi connectivity index (χ0) is 25.1. The molecule has 3 aromatic rings. The molecule has 2 aliphatic heterocycles. The standard InChI is InChI=1S/C23H26N8O3S2/c1-36(32,33)31-8-6-29(7-9-31)20-14-19-21(35-20)22(30-10-12-34-13-11-30)27-23(26-19)28-25-16-18-4-2-17(15-24)3-5-18/h2-5,14,16H,6-13H2,1H3,(H,26,27,28)/b25-16+. The summed E-state index contributed by atoms with van der Waals surface area (Å²) in [5.74, 6) is 1.23. The topological polar surface area (TPSA) is 127 Å². The highest BCUT2D eigenvalue weighted by Gasteiger charge is 2.26. The van der Waals surface area contributed by atoms with Gasteiger partial charge in [0, 0.05) is 39.3 Å². The van der Waals surface area contributed by atoms with Crippen LogP contribution in [0.25, 0.3) is 10.2 Å². The molecule has 0 amide bonds. The number of piperazine rings is 1. The van der Waals surface area contributed by atoms with Gasteiger partial charge in [-0.15, -0.1) is 11.3 Å². The smallest absolute Gasteiger partial charge is 0.246 e. The lowest BCUT2D eigenvalue weighted by Crippen LogP contribution is -2.48. The van der Waals surface area contributed by atoms with E-state index in [2.05, 4.69) is 26.4 Å². The van der Waals surface area contributed by atoms with E-state index in [9.17, 15) is 8.42 Å². The van der Waals surface area contributed by atoms with Crippen LogP contribution in [0, 0.1) is 11.3 Å². The molecular formula is C23H26N8O3S2. The van der Waals surface area contributed by atoms with Gasteiger partial charge in [-0.1, -0.05) is 12.1 Å². The molecule has 0 bridgehead atoms. The Bertz CT molecular complexity index is 1400. The Balaban J connectivity index is 1.40. The Labute approximate surface area is 213 Å². The van der Waals surface area contributed by atoms with Crippen LogP contribution in [0.5, 0.6) is 0 Å². The summed E-state index contributed by atoms with van der Waals surface area (Å²) >= 11 is 1.62. The van der Waals surface area contributed by atoms with Crippen LogP contribution in [0.4, 0.5) is 16.8 Å². The zero-order valence-corrected chi connectivity index (χ0v) is 21.4. The lowest BCUT2D eigenvalue weighted by atomic mass is 10.2. The van der Waals surface area contributed by atoms with Crippen molar-refractivity contribution >= 4 is 54.6 Å². The first-order valence-electron chi connectivity index (χ1n) is 11.5. The largest absolute Gasteiger partial charge is 0.378 e. The second-order valence-electron chi connectivity index (χ2n) is 8.52. The third-order valence-electron chi connectivity index (χ3n) is 6.09. The summed E-state index contributed by atoms with van der Waals surface area (Å²) in [6.07, 6.45) is 2.91. The van der Waals surface area contributed by atoms with Gasteiger partial charge in [-0.3, -0.25) is 0 Å². The van der Waals surface area contributed by atoms with E-state index in [1.165, 1.54) is 10.6 Å². The van der Waals surface area contributed by atoms with E-state index in [0.717, 1.165) is 39.7 Å². The van der Waals surface area contributed by atoms with Crippen molar-refractivity contribution in [2.75, 3.05) is 74.0 Å². The maximum absolute atomic E-state index is 11.9. The highest BCUT2D eigenvalue weighted by molar-refractivity contribution is 7.88. The number of hydrazone groups is 1. The summed E-state index contributed by atoms with van der Waals surface area (Å²) in [4.78, 5) is 13.9. The lowest BCUT2D eigenvalue weighted by molar-refractivity contribution is 0.122. The number of aromatic nitrogens is 2. The molecule has 0 aliphatic carbocycles. The van der Waals surface area contributed by atoms with Gasteiger partial charge in [-0.2, -0.15) is 19.7 Å². The minimum absolute atomic E-state index is 0.389. The van der Waals surface area contributed by atoms with E-state index >= 15 is 0 Å². The molecule has 2 aliphatic rings. The minimum Gasteiger partial charge on any atom is -0.378 e. The number of fused-ring (bicyclic) bond motifs is 1. The number of rotatable bonds is 6. The van der Waals surface area contributed by atoms with Gasteiger partial charge in [0.1, 0.15) is 0 Å². The van der Waals surface area contributed by atoms with Crippen molar-refractivity contribution < 1.29 is 13.2 Å². The number of sulfonamides is 1. The molecule has 2 fully saturated rings. The normalized spacial score (nSPS) is 17.6. The molecule has 13 heteroatoms. The average molecular weight is 527 g/mol. The summed E-state index contributed by atoms with van der Waals surface area (Å²) in [7, 11) is -3.18. The molecule has 0 saturated carbocycles. The number of morpholine rings is 1. The van der Waals surface area contributed by atoms with Crippen LogP contribution in [-0.2, 0) is 14.8 Å². The number of benzene rings is 1. The van der Waals surface area contributed by atoms with Gasteiger partial charge in [-0.25, -0.2) is 18.8 Å². The fourth-order valence-corrected chi connectivity index (χ4v) is 6.14. The van der Waals surface area contributed by atoms with Gasteiger partial charge in [-0.05, 0) is 23.8 Å². The second-order valence-corrected chi connectivity index (χ2v) is 11.5. The Hall–Kier alpha value is -3.31. The van der Waals surface area contributed by atoms with Crippen LogP contribution >= 0.6 is 11.3 Å². The summed E-state index contributed by atoms with van der Waals surface area (Å²) < 4.78 is 31.8. The number of hydrogen-bond acceptors (Lipinski definition) is 11. The lowest BCUT2D eigenvalue weighted by Gasteiger charge is -2.33. The Morgan fingerprint density at radius 1 is 1.08 bits per heavy atom. The highest BCUT2D eigenvalue weighted by atomic mass is 32.2. The maximum Gasteiger partial charge on any atom is 0.246 e. The fourth-order valence-electron chi connectivity index (χ4n) is 4.15. The summed E-state index contributed by atoms with van der Waals surface area (Å²) in [5.41, 5.74) is 5.20. The maximum atomic E-state index is 11.9. The summed E-state index contributed by atoms with van der Waals surface area (Å²) in [6, 6.07) is 11.3. The number of anilines is 3. The number of nitriles is 1. The number of ether oxygens (including phenoxy) is 1. The van der Waals surface area contributed by atoms with Gasteiger partial charge in [0.15, 0.2) is 5.82 Å². The van der Waals surface area contributed by atoms with E-state index in [1.807, 2.05) is 18.2 Å². The molecule has 36 heavy (non-hydrogen) atoms. The molecule has 0 unspecified atom stereocenters. The molecular weight excluding hydrogens is 500 g/mol. The highest BCUT2D eigenvalue weighted by Crippen LogP contribution is 2.38. The molecule has 0 atom stereocenters. The average Bonchev–Trinajstić information content (AvgIpc) is 3.33. The van der Waals surface area contributed by atoms with Crippen molar-refractivity contribution in [3.63, 3.8) is 0 Å². The number of nitrogens with one attached hydrogen (secondary N) is 1. The zero-order valence-electron chi connectivity index (χ0n) is 19.8. The van der Waals surface area contributed by atoms with E-state index in [0.29, 0.717) is 50.9 Å². The summed E-state index contributed by atoms with van der Waals surface area (Å²) in [6.45, 7) is 4.92. The molecule has 11 nitrogen and oxygen atoms in total. The predicted octanol–water partition coefficient (Wildman–Crippen LogP) is 1.93. The molecule has 0 radical (unpaired) electrons. The van der Waals surface area contributed by atoms with Crippen molar-refractivity contribution in [2.45, 2.75) is 0 Å². The second kappa shape index (κ2) is 10.4. The third kappa shape index (κ3) is 5.41. The minimum atomic E-state index is -3.18. The predicted molar refractivity (Wildman–Crippen MR) is 141 cm³/mol. The van der Waals surface area contributed by atoms with Crippen LogP contribution < -0.4 is 15.2 Å². The van der Waals surface area contributed by atoms with Gasteiger partial charge in [0.25, 0.3) is 0 Å². The van der Waals surface area contributed by atoms with Gasteiger partial charge in [0.05, 0.1) is 52.5 Å². The van der Waals surface area contributed by atoms with Crippen LogP contribution in [0.3, 0.4) is 0 Å². The third-order valence-corrected chi connectivity index (χ3v) is 8.57. The SMILES string of the molecule is CS(=O)(=O)N1CCN(c2cc3nc(N/N=C/c4ccc(C#N)cc4)nc(N4CCOCC4)c3s2)CC1. The molecule has 4 heterocycles. The monoisotopic (exact) mass is 526 g/mol. The van der Waals surface area contributed by atoms with Crippen molar-refractivity contribution in [1.29, 1.82) is 5.26 Å². The number of hydrogen-bond donors (Lipinski definition) is 1. The molecule has 1 N–H and O–H groups in total. The Morgan fingerprint density at radius 3 is 2.47 bits per heavy atom. The van der Waals surface area contributed by atoms with Crippen LogP contribution in [0.2, 0.25) is 0 Å². The number of nitrogens with zero attached hydrogens (tertiary/aromatic N) is 7. The van der Waals surface area contributed by atoms with Crippen molar-refractivity contribution in [1.82, 2.24) is 14.3 Å². The molecule has 2 aromatic heterocycles. The molecule has 5 rings (SSSR count). The van der Waals surface area contributed by atoms with E-state index in [4.69, 9.17) is 20.0 Å². The van der Waals surface area contributed by atoms with Crippen LogP contribution in [-0.4, -0.2) is 87.6 Å².